The molecule has 2 heteroatoms. The van der Waals surface area contributed by atoms with Gasteiger partial charge in [0.1, 0.15) is 6.54 Å². The lowest BCUT2D eigenvalue weighted by Crippen LogP contribution is -2.34. The van der Waals surface area contributed by atoms with Crippen molar-refractivity contribution in [1.82, 2.24) is 4.90 Å². The Morgan fingerprint density at radius 1 is 1.00 bits per heavy atom. The van der Waals surface area contributed by atoms with Crippen molar-refractivity contribution in [2.24, 2.45) is 0 Å². The first-order chi connectivity index (χ1) is 11.8. The Bertz CT molecular complexity index is 443. The second-order valence-corrected chi connectivity index (χ2v) is 7.70. The van der Waals surface area contributed by atoms with E-state index in [9.17, 15) is 0 Å². The van der Waals surface area contributed by atoms with Gasteiger partial charge in [-0.1, -0.05) is 58.3 Å². The van der Waals surface area contributed by atoms with Crippen molar-refractivity contribution in [1.29, 1.82) is 0 Å². The molecule has 1 aliphatic heterocycles. The van der Waals surface area contributed by atoms with E-state index in [0.717, 1.165) is 0 Å². The quantitative estimate of drug-likeness (QED) is 0.354. The smallest absolute Gasteiger partial charge is 0.173 e. The van der Waals surface area contributed by atoms with Crippen LogP contribution in [0.1, 0.15) is 95.6 Å². The Labute approximate surface area is 150 Å². The van der Waals surface area contributed by atoms with Crippen LogP contribution in [0.5, 0.6) is 0 Å². The topological polar surface area (TPSA) is 7.12 Å². The van der Waals surface area contributed by atoms with Crippen LogP contribution in [0.25, 0.3) is 0 Å². The second kappa shape index (κ2) is 11.6. The predicted octanol–water partition coefficient (Wildman–Crippen LogP) is 5.66. The number of hydrogen-bond acceptors (Lipinski definition) is 1. The Morgan fingerprint density at radius 3 is 2.29 bits per heavy atom. The molecule has 1 aromatic rings. The Morgan fingerprint density at radius 2 is 1.67 bits per heavy atom. The third kappa shape index (κ3) is 6.93. The van der Waals surface area contributed by atoms with E-state index in [-0.39, 0.29) is 0 Å². The first kappa shape index (κ1) is 19.4. The Hall–Kier alpha value is -0.890. The number of nitrogens with zero attached hydrogens (tertiary/aromatic N) is 2. The number of aryl methyl sites for hydroxylation is 1. The fourth-order valence-electron chi connectivity index (χ4n) is 3.99. The number of pyridine rings is 1. The molecule has 1 atom stereocenters. The molecule has 0 bridgehead atoms. The molecule has 24 heavy (non-hydrogen) atoms. The molecule has 0 aliphatic carbocycles. The maximum atomic E-state index is 2.50. The Balaban J connectivity index is 1.56. The molecule has 1 aromatic heterocycles. The van der Waals surface area contributed by atoms with E-state index in [1.807, 2.05) is 0 Å². The summed E-state index contributed by atoms with van der Waals surface area (Å²) in [6.45, 7) is 4.72. The molecule has 1 fully saturated rings. The van der Waals surface area contributed by atoms with Crippen LogP contribution in [0.15, 0.2) is 24.5 Å². The van der Waals surface area contributed by atoms with Crippen LogP contribution < -0.4 is 4.57 Å². The molecule has 2 nitrogen and oxygen atoms in total. The summed E-state index contributed by atoms with van der Waals surface area (Å²) >= 11 is 0. The summed E-state index contributed by atoms with van der Waals surface area (Å²) in [4.78, 5) is 2.50. The molecular formula is C22H39N2+. The van der Waals surface area contributed by atoms with Crippen LogP contribution in [0.4, 0.5) is 0 Å². The van der Waals surface area contributed by atoms with Gasteiger partial charge in [-0.15, -0.1) is 0 Å². The highest BCUT2D eigenvalue weighted by Crippen LogP contribution is 2.29. The van der Waals surface area contributed by atoms with Gasteiger partial charge in [-0.25, -0.2) is 4.57 Å². The average molecular weight is 332 g/mol. The minimum atomic E-state index is 0.644. The van der Waals surface area contributed by atoms with Gasteiger partial charge in [-0.3, -0.25) is 4.90 Å². The van der Waals surface area contributed by atoms with E-state index in [2.05, 4.69) is 48.0 Å². The molecule has 1 aliphatic rings. The van der Waals surface area contributed by atoms with Gasteiger partial charge in [0.05, 0.1) is 0 Å². The lowest BCUT2D eigenvalue weighted by Gasteiger charge is -2.18. The van der Waals surface area contributed by atoms with Crippen LogP contribution in [-0.2, 0) is 6.54 Å². The van der Waals surface area contributed by atoms with E-state index in [1.165, 1.54) is 95.7 Å². The Kier molecular flexibility index (Phi) is 9.42. The zero-order valence-corrected chi connectivity index (χ0v) is 16.2. The molecule has 0 aromatic carbocycles. The van der Waals surface area contributed by atoms with Crippen LogP contribution in [-0.4, -0.2) is 18.5 Å². The van der Waals surface area contributed by atoms with Crippen molar-refractivity contribution in [2.45, 2.75) is 96.6 Å². The van der Waals surface area contributed by atoms with E-state index in [0.29, 0.717) is 6.04 Å². The maximum absolute atomic E-state index is 2.50. The zero-order valence-electron chi connectivity index (χ0n) is 16.2. The molecule has 1 saturated heterocycles. The van der Waals surface area contributed by atoms with Gasteiger partial charge in [0.25, 0.3) is 0 Å². The molecular weight excluding hydrogens is 292 g/mol. The maximum Gasteiger partial charge on any atom is 0.173 e. The lowest BCUT2D eigenvalue weighted by molar-refractivity contribution is -0.697. The van der Waals surface area contributed by atoms with Gasteiger partial charge in [0.15, 0.2) is 12.4 Å². The molecule has 0 N–H and O–H groups in total. The highest BCUT2D eigenvalue weighted by molar-refractivity contribution is 5.12. The molecule has 0 radical (unpaired) electrons. The van der Waals surface area contributed by atoms with Gasteiger partial charge in [-0.05, 0) is 38.9 Å². The number of unbranched alkanes of at least 4 members (excludes halogenated alkanes) is 9. The van der Waals surface area contributed by atoms with Gasteiger partial charge in [0.2, 0.25) is 0 Å². The van der Waals surface area contributed by atoms with E-state index < -0.39 is 0 Å². The number of hydrogen-bond donors (Lipinski definition) is 0. The molecule has 0 saturated carbocycles. The van der Waals surface area contributed by atoms with E-state index >= 15 is 0 Å². The van der Waals surface area contributed by atoms with Crippen molar-refractivity contribution in [3.8, 4) is 0 Å². The normalized spacial score (nSPS) is 18.3. The molecule has 0 spiro atoms. The van der Waals surface area contributed by atoms with Crippen LogP contribution >= 0.6 is 0 Å². The lowest BCUT2D eigenvalue weighted by atomic mass is 10.1. The molecule has 136 valence electrons. The SMILES string of the molecule is CCCCCCCCCCCC[n+]1cccc([C@@H]2CCCN2C)c1. The third-order valence-corrected chi connectivity index (χ3v) is 5.56. The van der Waals surface area contributed by atoms with Gasteiger partial charge in [0, 0.05) is 24.1 Å². The van der Waals surface area contributed by atoms with Crippen molar-refractivity contribution in [3.05, 3.63) is 30.1 Å². The third-order valence-electron chi connectivity index (χ3n) is 5.56. The molecule has 0 unspecified atom stereocenters. The van der Waals surface area contributed by atoms with Gasteiger partial charge < -0.3 is 0 Å². The summed E-state index contributed by atoms with van der Waals surface area (Å²) in [5, 5.41) is 0. The van der Waals surface area contributed by atoms with E-state index in [4.69, 9.17) is 0 Å². The second-order valence-electron chi connectivity index (χ2n) is 7.70. The highest BCUT2D eigenvalue weighted by Gasteiger charge is 2.24. The number of aromatic nitrogens is 1. The van der Waals surface area contributed by atoms with E-state index in [1.54, 1.807) is 0 Å². The summed E-state index contributed by atoms with van der Waals surface area (Å²) in [5.74, 6) is 0. The summed E-state index contributed by atoms with van der Waals surface area (Å²) in [6, 6.07) is 5.18. The van der Waals surface area contributed by atoms with Gasteiger partial charge in [-0.2, -0.15) is 0 Å². The number of rotatable bonds is 12. The highest BCUT2D eigenvalue weighted by atomic mass is 15.1. The molecule has 2 rings (SSSR count). The standard InChI is InChI=1S/C22H39N2/c1-3-4-5-6-7-8-9-10-11-12-18-24-19-13-15-21(20-24)22-16-14-17-23(22)2/h13,15,19-20,22H,3-12,14,16-18H2,1-2H3/q+1/t22-/m0/s1. The number of likely N-dealkylation sites (tertiary alicyclic amines) is 1. The van der Waals surface area contributed by atoms with Crippen LogP contribution in [0, 0.1) is 0 Å². The predicted molar refractivity (Wildman–Crippen MR) is 103 cm³/mol. The monoisotopic (exact) mass is 331 g/mol. The fourth-order valence-corrected chi connectivity index (χ4v) is 3.99. The minimum absolute atomic E-state index is 0.644. The first-order valence-corrected chi connectivity index (χ1v) is 10.5. The fraction of sp³-hybridized carbons (Fsp3) is 0.773. The summed E-state index contributed by atoms with van der Waals surface area (Å²) in [6.07, 6.45) is 21.4. The van der Waals surface area contributed by atoms with Crippen molar-refractivity contribution >= 4 is 0 Å². The van der Waals surface area contributed by atoms with Gasteiger partial charge >= 0.3 is 0 Å². The average Bonchev–Trinajstić information content (AvgIpc) is 3.03. The summed E-state index contributed by atoms with van der Waals surface area (Å²) in [7, 11) is 2.26. The molecule has 2 heterocycles. The summed E-state index contributed by atoms with van der Waals surface area (Å²) in [5.41, 5.74) is 1.50. The first-order valence-electron chi connectivity index (χ1n) is 10.5. The molecule has 0 amide bonds. The summed E-state index contributed by atoms with van der Waals surface area (Å²) < 4.78 is 2.41. The van der Waals surface area contributed by atoms with Crippen molar-refractivity contribution in [3.63, 3.8) is 0 Å². The zero-order chi connectivity index (χ0) is 17.0. The van der Waals surface area contributed by atoms with Crippen molar-refractivity contribution in [2.75, 3.05) is 13.6 Å². The van der Waals surface area contributed by atoms with Crippen LogP contribution in [0.3, 0.4) is 0 Å². The van der Waals surface area contributed by atoms with Crippen LogP contribution in [0.2, 0.25) is 0 Å². The van der Waals surface area contributed by atoms with Crippen molar-refractivity contribution < 1.29 is 4.57 Å². The largest absolute Gasteiger partial charge is 0.299 e. The minimum Gasteiger partial charge on any atom is -0.299 e.